The summed E-state index contributed by atoms with van der Waals surface area (Å²) >= 11 is 6.25. The van der Waals surface area contributed by atoms with Crippen LogP contribution >= 0.6 is 22.9 Å². The number of aromatic nitrogens is 3. The molecule has 0 fully saturated rings. The molecule has 3 rings (SSSR count). The molecular formula is C14H9ClF2N4O3S2. The fraction of sp³-hybridized carbons (Fsp3) is 0.0714. The Balaban J connectivity index is 1.93. The minimum Gasteiger partial charge on any atom is -0.333 e. The number of amides is 1. The average Bonchev–Trinajstić information content (AvgIpc) is 3.14. The van der Waals surface area contributed by atoms with Gasteiger partial charge in [0, 0.05) is 13.2 Å². The Morgan fingerprint density at radius 3 is 2.54 bits per heavy atom. The fourth-order valence-corrected chi connectivity index (χ4v) is 4.36. The van der Waals surface area contributed by atoms with Crippen molar-refractivity contribution in [2.24, 2.45) is 7.05 Å². The Morgan fingerprint density at radius 1 is 1.31 bits per heavy atom. The molecule has 0 unspecified atom stereocenters. The Kier molecular flexibility index (Phi) is 4.78. The van der Waals surface area contributed by atoms with E-state index in [1.54, 1.807) is 4.72 Å². The summed E-state index contributed by atoms with van der Waals surface area (Å²) in [4.78, 5) is 19.6. The van der Waals surface area contributed by atoms with E-state index in [0.717, 1.165) is 24.5 Å². The van der Waals surface area contributed by atoms with Gasteiger partial charge < -0.3 is 4.57 Å². The number of nitrogens with zero attached hydrogens (tertiary/aromatic N) is 3. The first-order valence-electron chi connectivity index (χ1n) is 6.85. The molecule has 136 valence electrons. The molecule has 1 aromatic carbocycles. The summed E-state index contributed by atoms with van der Waals surface area (Å²) in [6.45, 7) is 0. The molecule has 0 spiro atoms. The minimum atomic E-state index is -4.20. The van der Waals surface area contributed by atoms with Gasteiger partial charge in [-0.05, 0) is 12.1 Å². The largest absolute Gasteiger partial charge is 0.333 e. The number of imidazole rings is 1. The number of carbonyl (C=O) groups is 1. The number of hydrogen-bond donors (Lipinski definition) is 1. The van der Waals surface area contributed by atoms with Crippen molar-refractivity contribution in [1.29, 1.82) is 0 Å². The van der Waals surface area contributed by atoms with Gasteiger partial charge in [-0.2, -0.15) is 0 Å². The van der Waals surface area contributed by atoms with Gasteiger partial charge in [-0.1, -0.05) is 29.0 Å². The average molecular weight is 419 g/mol. The second-order valence-corrected chi connectivity index (χ2v) is 8.55. The quantitative estimate of drug-likeness (QED) is 0.702. The third-order valence-electron chi connectivity index (χ3n) is 3.24. The molecular weight excluding hydrogens is 410 g/mol. The molecule has 2 aromatic heterocycles. The lowest BCUT2D eigenvalue weighted by molar-refractivity contribution is 0.0977. The normalized spacial score (nSPS) is 11.5. The second-order valence-electron chi connectivity index (χ2n) is 5.02. The molecule has 0 bridgehead atoms. The van der Waals surface area contributed by atoms with Crippen molar-refractivity contribution in [2.45, 2.75) is 4.21 Å². The summed E-state index contributed by atoms with van der Waals surface area (Å²) in [5.41, 5.74) is -0.754. The van der Waals surface area contributed by atoms with Crippen molar-refractivity contribution in [3.8, 4) is 11.4 Å². The van der Waals surface area contributed by atoms with E-state index in [4.69, 9.17) is 11.6 Å². The van der Waals surface area contributed by atoms with Crippen LogP contribution in [0.1, 0.15) is 10.5 Å². The van der Waals surface area contributed by atoms with Gasteiger partial charge in [-0.15, -0.1) is 0 Å². The van der Waals surface area contributed by atoms with E-state index in [0.29, 0.717) is 11.3 Å². The van der Waals surface area contributed by atoms with Gasteiger partial charge in [0.15, 0.2) is 8.68 Å². The molecule has 3 aromatic rings. The third-order valence-corrected chi connectivity index (χ3v) is 6.15. The lowest BCUT2D eigenvalue weighted by Crippen LogP contribution is -2.30. The van der Waals surface area contributed by atoms with Gasteiger partial charge in [0.05, 0.1) is 11.8 Å². The fourth-order valence-electron chi connectivity index (χ4n) is 2.11. The smallest absolute Gasteiger partial charge is 0.285 e. The van der Waals surface area contributed by atoms with Crippen LogP contribution in [-0.4, -0.2) is 28.9 Å². The zero-order valence-electron chi connectivity index (χ0n) is 12.9. The van der Waals surface area contributed by atoms with E-state index < -0.39 is 33.1 Å². The number of halogens is 3. The molecule has 7 nitrogen and oxygen atoms in total. The lowest BCUT2D eigenvalue weighted by Gasteiger charge is -2.04. The Morgan fingerprint density at radius 2 is 1.96 bits per heavy atom. The van der Waals surface area contributed by atoms with Gasteiger partial charge in [0.25, 0.3) is 15.9 Å². The SMILES string of the molecule is Cn1cc(C(=O)NS(=O)(=O)c2cnc(Cl)s2)nc1-c1c(F)cccc1F. The molecule has 1 N–H and O–H groups in total. The molecule has 0 aliphatic rings. The van der Waals surface area contributed by atoms with Crippen molar-refractivity contribution in [2.75, 3.05) is 0 Å². The molecule has 1 amide bonds. The van der Waals surface area contributed by atoms with Crippen LogP contribution in [0.3, 0.4) is 0 Å². The van der Waals surface area contributed by atoms with Crippen LogP contribution < -0.4 is 4.72 Å². The van der Waals surface area contributed by atoms with Crippen LogP contribution in [0.15, 0.2) is 34.8 Å². The Bertz CT molecular complexity index is 1090. The minimum absolute atomic E-state index is 0.00651. The van der Waals surface area contributed by atoms with E-state index in [1.807, 2.05) is 0 Å². The van der Waals surface area contributed by atoms with Gasteiger partial charge in [-0.25, -0.2) is 31.9 Å². The molecule has 2 heterocycles. The number of sulfonamides is 1. The van der Waals surface area contributed by atoms with E-state index in [1.165, 1.54) is 17.7 Å². The number of hydrogen-bond acceptors (Lipinski definition) is 6. The molecule has 0 aliphatic carbocycles. The molecule has 26 heavy (non-hydrogen) atoms. The summed E-state index contributed by atoms with van der Waals surface area (Å²) in [6, 6.07) is 3.28. The third kappa shape index (κ3) is 3.45. The van der Waals surface area contributed by atoms with E-state index in [9.17, 15) is 22.0 Å². The predicted molar refractivity (Wildman–Crippen MR) is 90.3 cm³/mol. The van der Waals surface area contributed by atoms with Crippen LogP contribution in [0.5, 0.6) is 0 Å². The monoisotopic (exact) mass is 418 g/mol. The molecule has 12 heteroatoms. The number of rotatable bonds is 4. The van der Waals surface area contributed by atoms with E-state index >= 15 is 0 Å². The highest BCUT2D eigenvalue weighted by Gasteiger charge is 2.25. The zero-order chi connectivity index (χ0) is 19.1. The molecule has 0 saturated carbocycles. The standard InChI is InChI=1S/C14H9ClF2N4O3S2/c1-21-6-9(19-12(21)11-7(16)3-2-4-8(11)17)13(22)20-26(23,24)10-5-18-14(15)25-10/h2-6H,1H3,(H,20,22). The van der Waals surface area contributed by atoms with Crippen LogP contribution in [0.2, 0.25) is 4.47 Å². The number of benzene rings is 1. The van der Waals surface area contributed by atoms with Gasteiger partial charge in [0.2, 0.25) is 0 Å². The maximum Gasteiger partial charge on any atom is 0.285 e. The van der Waals surface area contributed by atoms with Gasteiger partial charge in [-0.3, -0.25) is 4.79 Å². The van der Waals surface area contributed by atoms with Crippen molar-refractivity contribution >= 4 is 38.9 Å². The molecule has 0 radical (unpaired) electrons. The first kappa shape index (κ1) is 18.4. The number of aryl methyl sites for hydroxylation is 1. The molecule has 0 aliphatic heterocycles. The number of nitrogens with one attached hydrogen (secondary N) is 1. The summed E-state index contributed by atoms with van der Waals surface area (Å²) in [5.74, 6) is -2.95. The summed E-state index contributed by atoms with van der Waals surface area (Å²) in [5, 5.41) is 0. The lowest BCUT2D eigenvalue weighted by atomic mass is 10.2. The maximum atomic E-state index is 13.9. The van der Waals surface area contributed by atoms with Gasteiger partial charge in [0.1, 0.15) is 23.2 Å². The van der Waals surface area contributed by atoms with Crippen LogP contribution in [0.4, 0.5) is 8.78 Å². The molecule has 0 saturated heterocycles. The highest BCUT2D eigenvalue weighted by molar-refractivity contribution is 7.92. The van der Waals surface area contributed by atoms with Crippen LogP contribution in [-0.2, 0) is 17.1 Å². The summed E-state index contributed by atoms with van der Waals surface area (Å²) in [6.07, 6.45) is 2.16. The second kappa shape index (κ2) is 6.74. The molecule has 0 atom stereocenters. The Labute approximate surface area is 155 Å². The first-order valence-corrected chi connectivity index (χ1v) is 9.53. The van der Waals surface area contributed by atoms with Crippen molar-refractivity contribution in [3.63, 3.8) is 0 Å². The zero-order valence-corrected chi connectivity index (χ0v) is 15.3. The predicted octanol–water partition coefficient (Wildman–Crippen LogP) is 2.59. The van der Waals surface area contributed by atoms with E-state index in [-0.39, 0.29) is 20.2 Å². The van der Waals surface area contributed by atoms with Crippen LogP contribution in [0, 0.1) is 11.6 Å². The topological polar surface area (TPSA) is 94.0 Å². The van der Waals surface area contributed by atoms with Crippen LogP contribution in [0.25, 0.3) is 11.4 Å². The first-order chi connectivity index (χ1) is 12.2. The van der Waals surface area contributed by atoms with Crippen molar-refractivity contribution in [3.05, 3.63) is 52.4 Å². The maximum absolute atomic E-state index is 13.9. The Hall–Kier alpha value is -2.37. The van der Waals surface area contributed by atoms with Crippen molar-refractivity contribution in [1.82, 2.24) is 19.3 Å². The number of thiazole rings is 1. The highest BCUT2D eigenvalue weighted by atomic mass is 35.5. The van der Waals surface area contributed by atoms with E-state index in [2.05, 4.69) is 9.97 Å². The summed E-state index contributed by atoms with van der Waals surface area (Å²) < 4.78 is 54.8. The number of carbonyl (C=O) groups excluding carboxylic acids is 1. The summed E-state index contributed by atoms with van der Waals surface area (Å²) in [7, 11) is -2.78. The van der Waals surface area contributed by atoms with Crippen molar-refractivity contribution < 1.29 is 22.0 Å². The van der Waals surface area contributed by atoms with Gasteiger partial charge >= 0.3 is 0 Å². The highest BCUT2D eigenvalue weighted by Crippen LogP contribution is 2.25.